The largest absolute Gasteiger partial charge is 0.375 e. The third-order valence-electron chi connectivity index (χ3n) is 4.43. The van der Waals surface area contributed by atoms with E-state index in [1.54, 1.807) is 0 Å². The van der Waals surface area contributed by atoms with Gasteiger partial charge in [-0.1, -0.05) is 18.2 Å². The molecule has 0 unspecified atom stereocenters. The molecule has 4 heteroatoms. The number of carbonyl (C=O) groups excluding carboxylic acids is 1. The van der Waals surface area contributed by atoms with Crippen molar-refractivity contribution >= 4 is 11.6 Å². The summed E-state index contributed by atoms with van der Waals surface area (Å²) in [6.45, 7) is 3.94. The Morgan fingerprint density at radius 3 is 2.73 bits per heavy atom. The molecule has 1 saturated heterocycles. The number of para-hydroxylation sites is 1. The molecule has 4 nitrogen and oxygen atoms in total. The summed E-state index contributed by atoms with van der Waals surface area (Å²) in [6, 6.07) is 10.3. The van der Waals surface area contributed by atoms with Crippen LogP contribution in [-0.2, 0) is 4.79 Å². The Bertz CT molecular complexity index is 429. The summed E-state index contributed by atoms with van der Waals surface area (Å²) >= 11 is 0. The van der Waals surface area contributed by atoms with Crippen molar-refractivity contribution in [3.05, 3.63) is 30.3 Å². The van der Waals surface area contributed by atoms with Crippen molar-refractivity contribution in [3.63, 3.8) is 0 Å². The third-order valence-corrected chi connectivity index (χ3v) is 4.43. The van der Waals surface area contributed by atoms with Crippen LogP contribution in [0.25, 0.3) is 0 Å². The molecule has 1 aliphatic heterocycles. The molecule has 1 amide bonds. The molecular formula is C18H29N3O. The number of benzene rings is 1. The maximum absolute atomic E-state index is 11.9. The zero-order valence-corrected chi connectivity index (χ0v) is 13.7. The molecule has 0 radical (unpaired) electrons. The molecule has 2 rings (SSSR count). The molecule has 1 fully saturated rings. The van der Waals surface area contributed by atoms with Crippen molar-refractivity contribution in [3.8, 4) is 0 Å². The SMILES string of the molecule is CN(CCCNC(=O)CCC1CCNCC1)c1ccccc1. The number of nitrogens with zero attached hydrogens (tertiary/aromatic N) is 1. The maximum atomic E-state index is 11.9. The van der Waals surface area contributed by atoms with Gasteiger partial charge in [-0.25, -0.2) is 0 Å². The first-order valence-corrected chi connectivity index (χ1v) is 8.49. The van der Waals surface area contributed by atoms with Crippen LogP contribution in [0.1, 0.15) is 32.1 Å². The van der Waals surface area contributed by atoms with E-state index in [1.165, 1.54) is 18.5 Å². The molecule has 1 aliphatic rings. The fourth-order valence-electron chi connectivity index (χ4n) is 2.95. The summed E-state index contributed by atoms with van der Waals surface area (Å²) in [5, 5.41) is 6.41. The van der Waals surface area contributed by atoms with Gasteiger partial charge in [0.05, 0.1) is 0 Å². The van der Waals surface area contributed by atoms with Crippen LogP contribution in [0.2, 0.25) is 0 Å². The van der Waals surface area contributed by atoms with Gasteiger partial charge in [-0.2, -0.15) is 0 Å². The second-order valence-corrected chi connectivity index (χ2v) is 6.19. The van der Waals surface area contributed by atoms with Crippen LogP contribution in [0.3, 0.4) is 0 Å². The number of hydrogen-bond acceptors (Lipinski definition) is 3. The first kappa shape index (κ1) is 16.8. The number of nitrogens with one attached hydrogen (secondary N) is 2. The number of hydrogen-bond donors (Lipinski definition) is 2. The average Bonchev–Trinajstić information content (AvgIpc) is 2.58. The van der Waals surface area contributed by atoms with Crippen molar-refractivity contribution < 1.29 is 4.79 Å². The maximum Gasteiger partial charge on any atom is 0.220 e. The van der Waals surface area contributed by atoms with Crippen molar-refractivity contribution in [1.82, 2.24) is 10.6 Å². The van der Waals surface area contributed by atoms with Crippen molar-refractivity contribution in [2.24, 2.45) is 5.92 Å². The molecule has 0 aromatic heterocycles. The standard InChI is InChI=1S/C18H29N3O/c1-21(17-6-3-2-4-7-17)15-5-12-20-18(22)9-8-16-10-13-19-14-11-16/h2-4,6-7,16,19H,5,8-15H2,1H3,(H,20,22). The molecule has 0 atom stereocenters. The molecule has 1 heterocycles. The molecule has 2 N–H and O–H groups in total. The van der Waals surface area contributed by atoms with E-state index in [2.05, 4.69) is 34.7 Å². The zero-order valence-electron chi connectivity index (χ0n) is 13.7. The summed E-state index contributed by atoms with van der Waals surface area (Å²) in [5.74, 6) is 0.942. The zero-order chi connectivity index (χ0) is 15.6. The Kier molecular flexibility index (Phi) is 7.23. The third kappa shape index (κ3) is 6.06. The minimum atomic E-state index is 0.209. The second-order valence-electron chi connectivity index (χ2n) is 6.19. The highest BCUT2D eigenvalue weighted by molar-refractivity contribution is 5.75. The molecule has 0 aliphatic carbocycles. The Balaban J connectivity index is 1.53. The van der Waals surface area contributed by atoms with E-state index in [9.17, 15) is 4.79 Å². The van der Waals surface area contributed by atoms with E-state index < -0.39 is 0 Å². The van der Waals surface area contributed by atoms with Crippen molar-refractivity contribution in [2.45, 2.75) is 32.1 Å². The minimum Gasteiger partial charge on any atom is -0.375 e. The number of amides is 1. The molecule has 0 spiro atoms. The Hall–Kier alpha value is -1.55. The van der Waals surface area contributed by atoms with Crippen LogP contribution >= 0.6 is 0 Å². The Morgan fingerprint density at radius 2 is 2.00 bits per heavy atom. The van der Waals surface area contributed by atoms with Crippen molar-refractivity contribution in [1.29, 1.82) is 0 Å². The number of anilines is 1. The van der Waals surface area contributed by atoms with Gasteiger partial charge in [0.1, 0.15) is 0 Å². The quantitative estimate of drug-likeness (QED) is 0.725. The lowest BCUT2D eigenvalue weighted by atomic mass is 9.93. The normalized spacial score (nSPS) is 15.5. The number of rotatable bonds is 8. The highest BCUT2D eigenvalue weighted by Gasteiger charge is 2.14. The molecule has 1 aromatic carbocycles. The van der Waals surface area contributed by atoms with E-state index in [1.807, 2.05) is 18.2 Å². The fourth-order valence-corrected chi connectivity index (χ4v) is 2.95. The summed E-state index contributed by atoms with van der Waals surface area (Å²) in [4.78, 5) is 14.1. The van der Waals surface area contributed by atoms with Gasteiger partial charge in [0.15, 0.2) is 0 Å². The average molecular weight is 303 g/mol. The first-order chi connectivity index (χ1) is 10.8. The fraction of sp³-hybridized carbons (Fsp3) is 0.611. The van der Waals surface area contributed by atoms with E-state index in [-0.39, 0.29) is 5.91 Å². The molecule has 1 aromatic rings. The van der Waals surface area contributed by atoms with E-state index in [4.69, 9.17) is 0 Å². The van der Waals surface area contributed by atoms with Crippen LogP contribution in [0, 0.1) is 5.92 Å². The molecule has 0 bridgehead atoms. The molecular weight excluding hydrogens is 274 g/mol. The topological polar surface area (TPSA) is 44.4 Å². The smallest absolute Gasteiger partial charge is 0.220 e. The number of piperidine rings is 1. The van der Waals surface area contributed by atoms with Crippen LogP contribution in [-0.4, -0.2) is 39.1 Å². The van der Waals surface area contributed by atoms with Crippen molar-refractivity contribution in [2.75, 3.05) is 38.1 Å². The van der Waals surface area contributed by atoms with Gasteiger partial charge in [0, 0.05) is 32.2 Å². The minimum absolute atomic E-state index is 0.209. The lowest BCUT2D eigenvalue weighted by molar-refractivity contribution is -0.121. The highest BCUT2D eigenvalue weighted by atomic mass is 16.1. The van der Waals surface area contributed by atoms with Gasteiger partial charge < -0.3 is 15.5 Å². The van der Waals surface area contributed by atoms with Gasteiger partial charge in [0.2, 0.25) is 5.91 Å². The van der Waals surface area contributed by atoms with Crippen LogP contribution < -0.4 is 15.5 Å². The first-order valence-electron chi connectivity index (χ1n) is 8.49. The van der Waals surface area contributed by atoms with Gasteiger partial charge in [0.25, 0.3) is 0 Å². The number of carbonyl (C=O) groups is 1. The predicted octanol–water partition coefficient (Wildman–Crippen LogP) is 2.41. The van der Waals surface area contributed by atoms with Crippen LogP contribution in [0.5, 0.6) is 0 Å². The Morgan fingerprint density at radius 1 is 1.27 bits per heavy atom. The summed E-state index contributed by atoms with van der Waals surface area (Å²) < 4.78 is 0. The van der Waals surface area contributed by atoms with Gasteiger partial charge in [-0.3, -0.25) is 4.79 Å². The molecule has 122 valence electrons. The lowest BCUT2D eigenvalue weighted by Gasteiger charge is -2.22. The van der Waals surface area contributed by atoms with Crippen LogP contribution in [0.4, 0.5) is 5.69 Å². The van der Waals surface area contributed by atoms with Gasteiger partial charge in [-0.05, 0) is 56.8 Å². The second kappa shape index (κ2) is 9.46. The van der Waals surface area contributed by atoms with E-state index in [0.717, 1.165) is 44.9 Å². The van der Waals surface area contributed by atoms with Gasteiger partial charge >= 0.3 is 0 Å². The summed E-state index contributed by atoms with van der Waals surface area (Å²) in [6.07, 6.45) is 5.13. The van der Waals surface area contributed by atoms with E-state index in [0.29, 0.717) is 6.42 Å². The summed E-state index contributed by atoms with van der Waals surface area (Å²) in [5.41, 5.74) is 1.22. The van der Waals surface area contributed by atoms with E-state index >= 15 is 0 Å². The van der Waals surface area contributed by atoms with Crippen LogP contribution in [0.15, 0.2) is 30.3 Å². The highest BCUT2D eigenvalue weighted by Crippen LogP contribution is 2.17. The lowest BCUT2D eigenvalue weighted by Crippen LogP contribution is -2.30. The Labute approximate surface area is 134 Å². The summed E-state index contributed by atoms with van der Waals surface area (Å²) in [7, 11) is 2.09. The predicted molar refractivity (Wildman–Crippen MR) is 92.2 cm³/mol. The molecule has 22 heavy (non-hydrogen) atoms. The molecule has 0 saturated carbocycles. The van der Waals surface area contributed by atoms with Gasteiger partial charge in [-0.15, -0.1) is 0 Å². The monoisotopic (exact) mass is 303 g/mol.